The first kappa shape index (κ1) is 12.5. The van der Waals surface area contributed by atoms with Crippen molar-refractivity contribution in [3.8, 4) is 11.1 Å². The van der Waals surface area contributed by atoms with E-state index in [2.05, 4.69) is 12.6 Å². The number of nitrogen functional groups attached to an aromatic ring is 1. The lowest BCUT2D eigenvalue weighted by molar-refractivity contribution is 0.0597. The average Bonchev–Trinajstić information content (AvgIpc) is 2.41. The number of anilines is 1. The molecule has 18 heavy (non-hydrogen) atoms. The fourth-order valence-electron chi connectivity index (χ4n) is 1.72. The zero-order valence-electron chi connectivity index (χ0n) is 9.88. The van der Waals surface area contributed by atoms with Gasteiger partial charge in [-0.1, -0.05) is 30.3 Å². The van der Waals surface area contributed by atoms with E-state index in [4.69, 9.17) is 10.5 Å². The molecule has 2 aromatic rings. The molecule has 0 aliphatic rings. The van der Waals surface area contributed by atoms with Gasteiger partial charge in [-0.25, -0.2) is 4.79 Å². The second-order valence-electron chi connectivity index (χ2n) is 3.82. The number of methoxy groups -OCH3 is 1. The van der Waals surface area contributed by atoms with Gasteiger partial charge in [0.25, 0.3) is 0 Å². The number of hydrogen-bond donors (Lipinski definition) is 2. The minimum Gasteiger partial charge on any atom is -0.465 e. The summed E-state index contributed by atoms with van der Waals surface area (Å²) in [4.78, 5) is 12.1. The number of hydrogen-bond acceptors (Lipinski definition) is 4. The van der Waals surface area contributed by atoms with Crippen molar-refractivity contribution < 1.29 is 9.53 Å². The molecule has 0 saturated heterocycles. The first-order valence-electron chi connectivity index (χ1n) is 5.39. The highest BCUT2D eigenvalue weighted by atomic mass is 32.1. The molecule has 0 heterocycles. The molecule has 0 aromatic heterocycles. The maximum absolute atomic E-state index is 11.6. The second kappa shape index (κ2) is 5.14. The summed E-state index contributed by atoms with van der Waals surface area (Å²) in [6.07, 6.45) is 0. The van der Waals surface area contributed by atoms with Crippen LogP contribution in [0.25, 0.3) is 11.1 Å². The zero-order chi connectivity index (χ0) is 13.1. The van der Waals surface area contributed by atoms with Crippen LogP contribution in [0.15, 0.2) is 47.4 Å². The third kappa shape index (κ3) is 2.33. The molecule has 0 spiro atoms. The SMILES string of the molecule is COC(=O)c1cc(-c2ccccc2)cc(N)c1S. The van der Waals surface area contributed by atoms with E-state index < -0.39 is 5.97 Å². The molecule has 0 radical (unpaired) electrons. The lowest BCUT2D eigenvalue weighted by Gasteiger charge is -2.10. The summed E-state index contributed by atoms with van der Waals surface area (Å²) in [5.41, 5.74) is 8.56. The summed E-state index contributed by atoms with van der Waals surface area (Å²) in [6.45, 7) is 0. The van der Waals surface area contributed by atoms with Gasteiger partial charge < -0.3 is 10.5 Å². The molecule has 0 aliphatic carbocycles. The van der Waals surface area contributed by atoms with Crippen LogP contribution >= 0.6 is 12.6 Å². The van der Waals surface area contributed by atoms with Crippen LogP contribution in [0.1, 0.15) is 10.4 Å². The van der Waals surface area contributed by atoms with Crippen LogP contribution in [-0.4, -0.2) is 13.1 Å². The van der Waals surface area contributed by atoms with Crippen molar-refractivity contribution in [3.63, 3.8) is 0 Å². The van der Waals surface area contributed by atoms with E-state index in [1.165, 1.54) is 7.11 Å². The van der Waals surface area contributed by atoms with E-state index in [0.717, 1.165) is 11.1 Å². The molecule has 0 bridgehead atoms. The summed E-state index contributed by atoms with van der Waals surface area (Å²) in [7, 11) is 1.33. The van der Waals surface area contributed by atoms with Crippen molar-refractivity contribution >= 4 is 24.3 Å². The molecule has 0 saturated carbocycles. The van der Waals surface area contributed by atoms with Crippen molar-refractivity contribution in [3.05, 3.63) is 48.0 Å². The van der Waals surface area contributed by atoms with Crippen molar-refractivity contribution in [2.24, 2.45) is 0 Å². The van der Waals surface area contributed by atoms with Crippen LogP contribution in [0.4, 0.5) is 5.69 Å². The molecule has 2 aromatic carbocycles. The molecule has 0 atom stereocenters. The van der Waals surface area contributed by atoms with Crippen LogP contribution in [0.3, 0.4) is 0 Å². The van der Waals surface area contributed by atoms with Crippen LogP contribution in [0.2, 0.25) is 0 Å². The third-order valence-electron chi connectivity index (χ3n) is 2.65. The Kier molecular flexibility index (Phi) is 3.58. The molecule has 0 fully saturated rings. The fraction of sp³-hybridized carbons (Fsp3) is 0.0714. The van der Waals surface area contributed by atoms with Gasteiger partial charge in [-0.05, 0) is 23.3 Å². The number of nitrogens with two attached hydrogens (primary N) is 1. The summed E-state index contributed by atoms with van der Waals surface area (Å²) in [5.74, 6) is -0.440. The normalized spacial score (nSPS) is 10.1. The Hall–Kier alpha value is -1.94. The molecule has 0 aliphatic heterocycles. The largest absolute Gasteiger partial charge is 0.465 e. The van der Waals surface area contributed by atoms with Crippen molar-refractivity contribution in [1.29, 1.82) is 0 Å². The van der Waals surface area contributed by atoms with Gasteiger partial charge >= 0.3 is 5.97 Å². The maximum Gasteiger partial charge on any atom is 0.339 e. The van der Waals surface area contributed by atoms with E-state index >= 15 is 0 Å². The highest BCUT2D eigenvalue weighted by Gasteiger charge is 2.14. The summed E-state index contributed by atoms with van der Waals surface area (Å²) < 4.78 is 4.72. The first-order valence-corrected chi connectivity index (χ1v) is 5.84. The predicted octanol–water partition coefficient (Wildman–Crippen LogP) is 3.01. The van der Waals surface area contributed by atoms with Gasteiger partial charge in [-0.15, -0.1) is 12.6 Å². The summed E-state index contributed by atoms with van der Waals surface area (Å²) in [6, 6.07) is 13.2. The lowest BCUT2D eigenvalue weighted by Crippen LogP contribution is -2.05. The van der Waals surface area contributed by atoms with E-state index in [1.54, 1.807) is 12.1 Å². The number of ether oxygens (including phenoxy) is 1. The smallest absolute Gasteiger partial charge is 0.339 e. The second-order valence-corrected chi connectivity index (χ2v) is 4.27. The lowest BCUT2D eigenvalue weighted by atomic mass is 10.0. The van der Waals surface area contributed by atoms with Gasteiger partial charge in [-0.3, -0.25) is 0 Å². The molecule has 3 nitrogen and oxygen atoms in total. The van der Waals surface area contributed by atoms with Gasteiger partial charge in [-0.2, -0.15) is 0 Å². The van der Waals surface area contributed by atoms with Gasteiger partial charge in [0.05, 0.1) is 12.7 Å². The Morgan fingerprint density at radius 1 is 1.17 bits per heavy atom. The molecular formula is C14H13NO2S. The van der Waals surface area contributed by atoms with E-state index in [0.29, 0.717) is 16.1 Å². The molecule has 4 heteroatoms. The predicted molar refractivity (Wildman–Crippen MR) is 74.9 cm³/mol. The monoisotopic (exact) mass is 259 g/mol. The molecule has 0 amide bonds. The first-order chi connectivity index (χ1) is 8.63. The summed E-state index contributed by atoms with van der Waals surface area (Å²) >= 11 is 4.24. The quantitative estimate of drug-likeness (QED) is 0.495. The number of benzene rings is 2. The van der Waals surface area contributed by atoms with Gasteiger partial charge in [0, 0.05) is 10.6 Å². The number of carbonyl (C=O) groups is 1. The Balaban J connectivity index is 2.58. The number of carbonyl (C=O) groups excluding carboxylic acids is 1. The standard InChI is InChI=1S/C14H13NO2S/c1-17-14(16)11-7-10(8-12(15)13(11)18)9-5-3-2-4-6-9/h2-8,18H,15H2,1H3. The highest BCUT2D eigenvalue weighted by Crippen LogP contribution is 2.29. The van der Waals surface area contributed by atoms with Crippen molar-refractivity contribution in [1.82, 2.24) is 0 Å². The Labute approximate surface area is 111 Å². The van der Waals surface area contributed by atoms with Gasteiger partial charge in [0.2, 0.25) is 0 Å². The molecular weight excluding hydrogens is 246 g/mol. The van der Waals surface area contributed by atoms with Crippen LogP contribution < -0.4 is 5.73 Å². The Bertz CT molecular complexity index is 582. The van der Waals surface area contributed by atoms with E-state index in [1.807, 2.05) is 30.3 Å². The zero-order valence-corrected chi connectivity index (χ0v) is 10.8. The third-order valence-corrected chi connectivity index (χ3v) is 3.15. The van der Waals surface area contributed by atoms with E-state index in [9.17, 15) is 4.79 Å². The van der Waals surface area contributed by atoms with Crippen molar-refractivity contribution in [2.45, 2.75) is 4.90 Å². The number of esters is 1. The Morgan fingerprint density at radius 3 is 2.44 bits per heavy atom. The Morgan fingerprint density at radius 2 is 1.83 bits per heavy atom. The highest BCUT2D eigenvalue weighted by molar-refractivity contribution is 7.80. The van der Waals surface area contributed by atoms with Crippen LogP contribution in [0, 0.1) is 0 Å². The van der Waals surface area contributed by atoms with Crippen LogP contribution in [0.5, 0.6) is 0 Å². The van der Waals surface area contributed by atoms with Gasteiger partial charge in [0.1, 0.15) is 0 Å². The molecule has 2 rings (SSSR count). The topological polar surface area (TPSA) is 52.3 Å². The molecule has 0 unspecified atom stereocenters. The molecule has 92 valence electrons. The number of thiol groups is 1. The number of rotatable bonds is 2. The maximum atomic E-state index is 11.6. The molecule has 2 N–H and O–H groups in total. The minimum atomic E-state index is -0.440. The van der Waals surface area contributed by atoms with E-state index in [-0.39, 0.29) is 0 Å². The average molecular weight is 259 g/mol. The summed E-state index contributed by atoms with van der Waals surface area (Å²) in [5, 5.41) is 0. The van der Waals surface area contributed by atoms with Crippen LogP contribution in [-0.2, 0) is 4.74 Å². The van der Waals surface area contributed by atoms with Gasteiger partial charge in [0.15, 0.2) is 0 Å². The minimum absolute atomic E-state index is 0.375. The fourth-order valence-corrected chi connectivity index (χ4v) is 1.94. The van der Waals surface area contributed by atoms with Crippen molar-refractivity contribution in [2.75, 3.05) is 12.8 Å².